The van der Waals surface area contributed by atoms with Crippen LogP contribution in [-0.2, 0) is 11.2 Å². The van der Waals surface area contributed by atoms with Crippen molar-refractivity contribution in [3.63, 3.8) is 0 Å². The van der Waals surface area contributed by atoms with E-state index < -0.39 is 0 Å². The molecular formula is C10H15NO2. The molecule has 0 aliphatic rings. The van der Waals surface area contributed by atoms with Crippen LogP contribution in [0.25, 0.3) is 0 Å². The Kier molecular flexibility index (Phi) is 3.55. The lowest BCUT2D eigenvalue weighted by Gasteiger charge is -2.14. The van der Waals surface area contributed by atoms with E-state index in [0.29, 0.717) is 6.42 Å². The van der Waals surface area contributed by atoms with Gasteiger partial charge >= 0.3 is 0 Å². The summed E-state index contributed by atoms with van der Waals surface area (Å²) >= 11 is 0. The molecule has 1 rings (SSSR count). The molecule has 0 radical (unpaired) electrons. The standard InChI is InChI=1S/C10H15NO2/c1-3-10(12)11(2)7-6-9-5-4-8-13-9/h4-5,8H,3,6-7H2,1-2H3. The summed E-state index contributed by atoms with van der Waals surface area (Å²) in [6.45, 7) is 2.59. The van der Waals surface area contributed by atoms with E-state index in [-0.39, 0.29) is 5.91 Å². The average Bonchev–Trinajstić information content (AvgIpc) is 2.65. The highest BCUT2D eigenvalue weighted by Gasteiger charge is 2.05. The van der Waals surface area contributed by atoms with Crippen LogP contribution in [0, 0.1) is 0 Å². The first-order chi connectivity index (χ1) is 6.24. The van der Waals surface area contributed by atoms with Crippen molar-refractivity contribution in [2.75, 3.05) is 13.6 Å². The SMILES string of the molecule is CCC(=O)N(C)CCc1ccco1. The molecule has 0 spiro atoms. The van der Waals surface area contributed by atoms with Crippen LogP contribution in [0.15, 0.2) is 22.8 Å². The predicted octanol–water partition coefficient (Wildman–Crippen LogP) is 1.69. The van der Waals surface area contributed by atoms with Crippen molar-refractivity contribution < 1.29 is 9.21 Å². The van der Waals surface area contributed by atoms with Crippen molar-refractivity contribution in [1.82, 2.24) is 4.90 Å². The van der Waals surface area contributed by atoms with E-state index in [1.807, 2.05) is 26.1 Å². The minimum absolute atomic E-state index is 0.173. The van der Waals surface area contributed by atoms with Crippen LogP contribution in [0.1, 0.15) is 19.1 Å². The number of likely N-dealkylation sites (N-methyl/N-ethyl adjacent to an activating group) is 1. The van der Waals surface area contributed by atoms with Gasteiger partial charge in [0.2, 0.25) is 5.91 Å². The average molecular weight is 181 g/mol. The Balaban J connectivity index is 2.30. The lowest BCUT2D eigenvalue weighted by atomic mass is 10.3. The molecule has 0 fully saturated rings. The molecule has 3 heteroatoms. The summed E-state index contributed by atoms with van der Waals surface area (Å²) in [6, 6.07) is 3.78. The first kappa shape index (κ1) is 9.84. The molecule has 3 nitrogen and oxygen atoms in total. The van der Waals surface area contributed by atoms with Gasteiger partial charge in [-0.2, -0.15) is 0 Å². The molecule has 72 valence electrons. The minimum Gasteiger partial charge on any atom is -0.469 e. The molecule has 0 saturated carbocycles. The fourth-order valence-electron chi connectivity index (χ4n) is 1.13. The molecule has 1 amide bonds. The summed E-state index contributed by atoms with van der Waals surface area (Å²) < 4.78 is 5.16. The van der Waals surface area contributed by atoms with Gasteiger partial charge in [0.25, 0.3) is 0 Å². The Morgan fingerprint density at radius 3 is 2.92 bits per heavy atom. The Bertz CT molecular complexity index is 254. The summed E-state index contributed by atoms with van der Waals surface area (Å²) in [4.78, 5) is 12.9. The fraction of sp³-hybridized carbons (Fsp3) is 0.500. The number of rotatable bonds is 4. The molecule has 0 N–H and O–H groups in total. The Morgan fingerprint density at radius 1 is 1.62 bits per heavy atom. The maximum absolute atomic E-state index is 11.2. The Morgan fingerprint density at radius 2 is 2.38 bits per heavy atom. The van der Waals surface area contributed by atoms with Gasteiger partial charge in [-0.25, -0.2) is 0 Å². The van der Waals surface area contributed by atoms with E-state index in [0.717, 1.165) is 18.7 Å². The summed E-state index contributed by atoms with van der Waals surface area (Å²) in [5.41, 5.74) is 0. The molecular weight excluding hydrogens is 166 g/mol. The van der Waals surface area contributed by atoms with Gasteiger partial charge in [0.05, 0.1) is 6.26 Å². The zero-order valence-electron chi connectivity index (χ0n) is 8.12. The third kappa shape index (κ3) is 2.93. The molecule has 0 aliphatic carbocycles. The number of hydrogen-bond acceptors (Lipinski definition) is 2. The second kappa shape index (κ2) is 4.70. The highest BCUT2D eigenvalue weighted by atomic mass is 16.3. The molecule has 0 atom stereocenters. The first-order valence-electron chi connectivity index (χ1n) is 4.50. The third-order valence-corrected chi connectivity index (χ3v) is 2.00. The first-order valence-corrected chi connectivity index (χ1v) is 4.50. The highest BCUT2D eigenvalue weighted by Crippen LogP contribution is 2.02. The van der Waals surface area contributed by atoms with Gasteiger partial charge < -0.3 is 9.32 Å². The predicted molar refractivity (Wildman–Crippen MR) is 50.3 cm³/mol. The largest absolute Gasteiger partial charge is 0.469 e. The van der Waals surface area contributed by atoms with E-state index in [2.05, 4.69) is 0 Å². The number of carbonyl (C=O) groups excluding carboxylic acids is 1. The quantitative estimate of drug-likeness (QED) is 0.708. The van der Waals surface area contributed by atoms with Gasteiger partial charge in [-0.1, -0.05) is 6.92 Å². The van der Waals surface area contributed by atoms with Crippen LogP contribution in [0.5, 0.6) is 0 Å². The van der Waals surface area contributed by atoms with Gasteiger partial charge in [0.15, 0.2) is 0 Å². The van der Waals surface area contributed by atoms with Crippen LogP contribution >= 0.6 is 0 Å². The van der Waals surface area contributed by atoms with Crippen molar-refractivity contribution in [3.8, 4) is 0 Å². The van der Waals surface area contributed by atoms with Gasteiger partial charge in [0.1, 0.15) is 5.76 Å². The number of amides is 1. The van der Waals surface area contributed by atoms with Gasteiger partial charge in [-0.15, -0.1) is 0 Å². The summed E-state index contributed by atoms with van der Waals surface area (Å²) in [5, 5.41) is 0. The van der Waals surface area contributed by atoms with E-state index >= 15 is 0 Å². The molecule has 0 unspecified atom stereocenters. The van der Waals surface area contributed by atoms with Crippen molar-refractivity contribution in [2.45, 2.75) is 19.8 Å². The third-order valence-electron chi connectivity index (χ3n) is 2.00. The zero-order valence-corrected chi connectivity index (χ0v) is 8.12. The number of hydrogen-bond donors (Lipinski definition) is 0. The maximum atomic E-state index is 11.2. The van der Waals surface area contributed by atoms with Crippen LogP contribution in [-0.4, -0.2) is 24.4 Å². The number of nitrogens with zero attached hydrogens (tertiary/aromatic N) is 1. The summed E-state index contributed by atoms with van der Waals surface area (Å²) in [6.07, 6.45) is 3.00. The highest BCUT2D eigenvalue weighted by molar-refractivity contribution is 5.75. The van der Waals surface area contributed by atoms with Gasteiger partial charge in [-0.05, 0) is 12.1 Å². The van der Waals surface area contributed by atoms with Crippen molar-refractivity contribution in [1.29, 1.82) is 0 Å². The van der Waals surface area contributed by atoms with E-state index in [4.69, 9.17) is 4.42 Å². The summed E-state index contributed by atoms with van der Waals surface area (Å²) in [5.74, 6) is 1.10. The molecule has 0 aromatic carbocycles. The smallest absolute Gasteiger partial charge is 0.222 e. The maximum Gasteiger partial charge on any atom is 0.222 e. The lowest BCUT2D eigenvalue weighted by Crippen LogP contribution is -2.27. The van der Waals surface area contributed by atoms with Crippen LogP contribution in [0.3, 0.4) is 0 Å². The van der Waals surface area contributed by atoms with Gasteiger partial charge in [0, 0.05) is 26.4 Å². The molecule has 1 aromatic heterocycles. The number of furan rings is 1. The van der Waals surface area contributed by atoms with E-state index in [1.165, 1.54) is 0 Å². The molecule has 1 heterocycles. The van der Waals surface area contributed by atoms with Crippen LogP contribution < -0.4 is 0 Å². The van der Waals surface area contributed by atoms with Crippen molar-refractivity contribution in [2.24, 2.45) is 0 Å². The second-order valence-corrected chi connectivity index (χ2v) is 3.00. The minimum atomic E-state index is 0.173. The lowest BCUT2D eigenvalue weighted by molar-refractivity contribution is -0.129. The Hall–Kier alpha value is -1.25. The van der Waals surface area contributed by atoms with E-state index in [1.54, 1.807) is 11.2 Å². The van der Waals surface area contributed by atoms with Gasteiger partial charge in [-0.3, -0.25) is 4.79 Å². The Labute approximate surface area is 78.3 Å². The van der Waals surface area contributed by atoms with Crippen molar-refractivity contribution in [3.05, 3.63) is 24.2 Å². The molecule has 0 aliphatic heterocycles. The normalized spacial score (nSPS) is 10.0. The molecule has 0 saturated heterocycles. The monoisotopic (exact) mass is 181 g/mol. The van der Waals surface area contributed by atoms with Crippen LogP contribution in [0.2, 0.25) is 0 Å². The molecule has 13 heavy (non-hydrogen) atoms. The number of carbonyl (C=O) groups is 1. The fourth-order valence-corrected chi connectivity index (χ4v) is 1.13. The zero-order chi connectivity index (χ0) is 9.68. The molecule has 0 bridgehead atoms. The van der Waals surface area contributed by atoms with E-state index in [9.17, 15) is 4.79 Å². The topological polar surface area (TPSA) is 33.5 Å². The molecule has 1 aromatic rings. The summed E-state index contributed by atoms with van der Waals surface area (Å²) in [7, 11) is 1.81. The second-order valence-electron chi connectivity index (χ2n) is 3.00. The van der Waals surface area contributed by atoms with Crippen molar-refractivity contribution >= 4 is 5.91 Å². The van der Waals surface area contributed by atoms with Crippen LogP contribution in [0.4, 0.5) is 0 Å².